The summed E-state index contributed by atoms with van der Waals surface area (Å²) in [6, 6.07) is 0. The summed E-state index contributed by atoms with van der Waals surface area (Å²) >= 11 is 5.02. The molecule has 5 nitrogen and oxygen atoms in total. The van der Waals surface area contributed by atoms with Crippen molar-refractivity contribution in [3.8, 4) is 0 Å². The molecule has 0 spiro atoms. The zero-order valence-corrected chi connectivity index (χ0v) is 13.3. The molecule has 0 radical (unpaired) electrons. The van der Waals surface area contributed by atoms with Crippen LogP contribution in [0.2, 0.25) is 0 Å². The zero-order chi connectivity index (χ0) is 13.3. The normalized spacial score (nSPS) is 12.2. The van der Waals surface area contributed by atoms with Crippen molar-refractivity contribution in [2.24, 2.45) is 0 Å². The molecule has 8 heteroatoms. The number of anilines is 1. The third-order valence-corrected chi connectivity index (χ3v) is 4.84. The van der Waals surface area contributed by atoms with Gasteiger partial charge in [-0.05, 0) is 0 Å². The van der Waals surface area contributed by atoms with Crippen LogP contribution >= 0.6 is 27.3 Å². The van der Waals surface area contributed by atoms with Crippen LogP contribution in [-0.4, -0.2) is 43.4 Å². The maximum atomic E-state index is 11.2. The Kier molecular flexibility index (Phi) is 3.98. The molecule has 0 bridgehead atoms. The van der Waals surface area contributed by atoms with Gasteiger partial charge in [-0.15, -0.1) is 11.3 Å². The molecule has 18 heavy (non-hydrogen) atoms. The molecule has 0 fully saturated rings. The van der Waals surface area contributed by atoms with Gasteiger partial charge in [0.05, 0.1) is 11.4 Å². The molecule has 2 rings (SSSR count). The van der Waals surface area contributed by atoms with Crippen molar-refractivity contribution in [1.82, 2.24) is 9.38 Å². The second-order valence-corrected chi connectivity index (χ2v) is 7.82. The number of nitrogens with zero attached hydrogens (tertiary/aromatic N) is 3. The summed E-state index contributed by atoms with van der Waals surface area (Å²) in [5, 5.41) is 2.66. The van der Waals surface area contributed by atoms with Crippen LogP contribution in [0.25, 0.3) is 4.96 Å². The van der Waals surface area contributed by atoms with Crippen molar-refractivity contribution in [3.63, 3.8) is 0 Å². The number of halogens is 1. The number of rotatable bonds is 5. The van der Waals surface area contributed by atoms with Crippen molar-refractivity contribution in [1.29, 1.82) is 0 Å². The average Bonchev–Trinajstić information content (AvgIpc) is 2.83. The Morgan fingerprint density at radius 2 is 2.28 bits per heavy atom. The predicted molar refractivity (Wildman–Crippen MR) is 78.7 cm³/mol. The number of thiazole rings is 1. The smallest absolute Gasteiger partial charge is 0.195 e. The first-order valence-electron chi connectivity index (χ1n) is 5.31. The lowest BCUT2D eigenvalue weighted by Gasteiger charge is -2.17. The van der Waals surface area contributed by atoms with Crippen LogP contribution in [0.5, 0.6) is 0 Å². The fourth-order valence-corrected chi connectivity index (χ4v) is 3.51. The van der Waals surface area contributed by atoms with Crippen LogP contribution in [0.15, 0.2) is 11.6 Å². The lowest BCUT2D eigenvalue weighted by Crippen LogP contribution is -2.26. The summed E-state index contributed by atoms with van der Waals surface area (Å²) in [6.45, 7) is 0.448. The Labute approximate surface area is 118 Å². The second-order valence-electron chi connectivity index (χ2n) is 4.12. The van der Waals surface area contributed by atoms with E-state index in [4.69, 9.17) is 0 Å². The van der Waals surface area contributed by atoms with E-state index >= 15 is 0 Å². The third-order valence-electron chi connectivity index (χ3n) is 2.63. The number of alkyl halides is 1. The van der Waals surface area contributed by atoms with Crippen molar-refractivity contribution in [3.05, 3.63) is 17.3 Å². The first kappa shape index (κ1) is 13.8. The first-order chi connectivity index (χ1) is 8.42. The molecule has 0 saturated carbocycles. The lowest BCUT2D eigenvalue weighted by atomic mass is 10.4. The Morgan fingerprint density at radius 3 is 2.89 bits per heavy atom. The molecular weight excluding hydrogens is 338 g/mol. The van der Waals surface area contributed by atoms with Crippen LogP contribution in [0, 0.1) is 0 Å². The molecule has 2 aromatic heterocycles. The van der Waals surface area contributed by atoms with Crippen LogP contribution in [0.1, 0.15) is 5.69 Å². The Bertz CT molecular complexity index is 647. The van der Waals surface area contributed by atoms with Gasteiger partial charge in [0.2, 0.25) is 0 Å². The van der Waals surface area contributed by atoms with E-state index in [1.54, 1.807) is 11.3 Å². The molecule has 0 N–H and O–H groups in total. The minimum Gasteiger partial charge on any atom is -0.357 e. The van der Waals surface area contributed by atoms with E-state index in [2.05, 4.69) is 20.9 Å². The minimum absolute atomic E-state index is 0.135. The number of hydrogen-bond donors (Lipinski definition) is 0. The molecule has 2 aromatic rings. The van der Waals surface area contributed by atoms with Gasteiger partial charge in [-0.1, -0.05) is 15.9 Å². The molecule has 2 heterocycles. The van der Waals surface area contributed by atoms with Gasteiger partial charge in [0.1, 0.15) is 9.84 Å². The molecule has 100 valence electrons. The van der Waals surface area contributed by atoms with Gasteiger partial charge in [-0.2, -0.15) is 0 Å². The summed E-state index contributed by atoms with van der Waals surface area (Å²) < 4.78 is 24.4. The summed E-state index contributed by atoms with van der Waals surface area (Å²) in [5.41, 5.74) is 1.04. The summed E-state index contributed by atoms with van der Waals surface area (Å²) in [5.74, 6) is 0.971. The SMILES string of the molecule is CN(CCS(C)(=O)=O)c1nc2sccn2c1CBr. The number of imidazole rings is 1. The van der Waals surface area contributed by atoms with Gasteiger partial charge in [-0.3, -0.25) is 4.40 Å². The van der Waals surface area contributed by atoms with Gasteiger partial charge in [0, 0.05) is 36.8 Å². The highest BCUT2D eigenvalue weighted by molar-refractivity contribution is 9.08. The second kappa shape index (κ2) is 5.18. The maximum absolute atomic E-state index is 11.2. The zero-order valence-electron chi connectivity index (χ0n) is 10.1. The number of sulfone groups is 1. The maximum Gasteiger partial charge on any atom is 0.195 e. The summed E-state index contributed by atoms with van der Waals surface area (Å²) in [4.78, 5) is 7.33. The van der Waals surface area contributed by atoms with Gasteiger partial charge in [-0.25, -0.2) is 13.4 Å². The third kappa shape index (κ3) is 2.86. The van der Waals surface area contributed by atoms with E-state index in [0.717, 1.165) is 16.5 Å². The van der Waals surface area contributed by atoms with E-state index in [1.807, 2.05) is 27.9 Å². The average molecular weight is 352 g/mol. The molecule has 0 aliphatic rings. The van der Waals surface area contributed by atoms with Gasteiger partial charge < -0.3 is 4.90 Å². The highest BCUT2D eigenvalue weighted by Crippen LogP contribution is 2.25. The monoisotopic (exact) mass is 351 g/mol. The lowest BCUT2D eigenvalue weighted by molar-refractivity contribution is 0.601. The number of fused-ring (bicyclic) bond motifs is 1. The fraction of sp³-hybridized carbons (Fsp3) is 0.500. The van der Waals surface area contributed by atoms with Gasteiger partial charge in [0.15, 0.2) is 10.8 Å². The summed E-state index contributed by atoms with van der Waals surface area (Å²) in [7, 11) is -1.08. The Balaban J connectivity index is 2.26. The molecule has 0 atom stereocenters. The predicted octanol–water partition coefficient (Wildman–Crippen LogP) is 1.77. The molecule has 0 amide bonds. The van der Waals surface area contributed by atoms with Gasteiger partial charge in [0.25, 0.3) is 0 Å². The van der Waals surface area contributed by atoms with Crippen LogP contribution in [0.4, 0.5) is 5.82 Å². The number of aromatic nitrogens is 2. The van der Waals surface area contributed by atoms with Crippen LogP contribution in [0.3, 0.4) is 0 Å². The first-order valence-corrected chi connectivity index (χ1v) is 9.38. The fourth-order valence-electron chi connectivity index (χ4n) is 1.66. The molecule has 0 aliphatic carbocycles. The van der Waals surface area contributed by atoms with E-state index in [0.29, 0.717) is 11.9 Å². The molecular formula is C10H14BrN3O2S2. The quantitative estimate of drug-likeness (QED) is 0.770. The molecule has 0 unspecified atom stereocenters. The summed E-state index contributed by atoms with van der Waals surface area (Å²) in [6.07, 6.45) is 3.22. The number of hydrogen-bond acceptors (Lipinski definition) is 5. The topological polar surface area (TPSA) is 54.7 Å². The van der Waals surface area contributed by atoms with Crippen LogP contribution in [-0.2, 0) is 15.2 Å². The van der Waals surface area contributed by atoms with Crippen molar-refractivity contribution in [2.45, 2.75) is 5.33 Å². The van der Waals surface area contributed by atoms with Crippen molar-refractivity contribution in [2.75, 3.05) is 30.5 Å². The molecule has 0 aromatic carbocycles. The molecule has 0 aliphatic heterocycles. The highest BCUT2D eigenvalue weighted by atomic mass is 79.9. The molecule has 0 saturated heterocycles. The van der Waals surface area contributed by atoms with Gasteiger partial charge >= 0.3 is 0 Å². The standard InChI is InChI=1S/C10H14BrN3O2S2/c1-13(4-6-18(2,15)16)9-8(7-11)14-3-5-17-10(14)12-9/h3,5H,4,6-7H2,1-2H3. The Hall–Kier alpha value is -0.600. The van der Waals surface area contributed by atoms with E-state index in [-0.39, 0.29) is 5.75 Å². The Morgan fingerprint density at radius 1 is 1.56 bits per heavy atom. The minimum atomic E-state index is -2.95. The van der Waals surface area contributed by atoms with E-state index < -0.39 is 9.84 Å². The largest absolute Gasteiger partial charge is 0.357 e. The van der Waals surface area contributed by atoms with Crippen molar-refractivity contribution >= 4 is 47.9 Å². The van der Waals surface area contributed by atoms with Crippen molar-refractivity contribution < 1.29 is 8.42 Å². The van der Waals surface area contributed by atoms with Crippen LogP contribution < -0.4 is 4.90 Å². The van der Waals surface area contributed by atoms with E-state index in [9.17, 15) is 8.42 Å². The highest BCUT2D eigenvalue weighted by Gasteiger charge is 2.16. The van der Waals surface area contributed by atoms with E-state index in [1.165, 1.54) is 6.26 Å².